The van der Waals surface area contributed by atoms with E-state index >= 15 is 0 Å². The third-order valence-corrected chi connectivity index (χ3v) is 4.80. The summed E-state index contributed by atoms with van der Waals surface area (Å²) in [7, 11) is 0. The number of carbonyl (C=O) groups excluding carboxylic acids is 2. The fraction of sp³-hybridized carbons (Fsp3) is 0.273. The van der Waals surface area contributed by atoms with E-state index in [9.17, 15) is 9.59 Å². The second kappa shape index (κ2) is 9.38. The monoisotopic (exact) mass is 382 g/mol. The van der Waals surface area contributed by atoms with E-state index in [0.29, 0.717) is 41.6 Å². The SMILES string of the molecule is O=C(CCc1cccc(Cl)c1)Nc1ccccc1NC(=O)CC1C=CCC1. The molecule has 1 unspecified atom stereocenters. The third kappa shape index (κ3) is 5.97. The Labute approximate surface area is 164 Å². The Balaban J connectivity index is 1.55. The van der Waals surface area contributed by atoms with Crippen LogP contribution in [0.1, 0.15) is 31.2 Å². The van der Waals surface area contributed by atoms with Crippen LogP contribution >= 0.6 is 11.6 Å². The molecule has 2 aromatic carbocycles. The van der Waals surface area contributed by atoms with E-state index in [2.05, 4.69) is 22.8 Å². The molecule has 0 saturated heterocycles. The maximum atomic E-state index is 12.3. The molecule has 3 rings (SSSR count). The summed E-state index contributed by atoms with van der Waals surface area (Å²) < 4.78 is 0. The Morgan fingerprint density at radius 2 is 1.74 bits per heavy atom. The summed E-state index contributed by atoms with van der Waals surface area (Å²) in [6, 6.07) is 14.8. The summed E-state index contributed by atoms with van der Waals surface area (Å²) >= 11 is 5.97. The minimum Gasteiger partial charge on any atom is -0.324 e. The summed E-state index contributed by atoms with van der Waals surface area (Å²) in [6.45, 7) is 0. The number of allylic oxidation sites excluding steroid dienone is 2. The van der Waals surface area contributed by atoms with Crippen LogP contribution in [0, 0.1) is 5.92 Å². The topological polar surface area (TPSA) is 58.2 Å². The van der Waals surface area contributed by atoms with Crippen molar-refractivity contribution in [2.45, 2.75) is 32.1 Å². The molecular weight excluding hydrogens is 360 g/mol. The van der Waals surface area contributed by atoms with Crippen LogP contribution in [0.4, 0.5) is 11.4 Å². The van der Waals surface area contributed by atoms with E-state index in [-0.39, 0.29) is 11.8 Å². The van der Waals surface area contributed by atoms with Crippen LogP contribution in [0.2, 0.25) is 5.02 Å². The maximum absolute atomic E-state index is 12.3. The molecule has 0 aliphatic heterocycles. The van der Waals surface area contributed by atoms with Crippen molar-refractivity contribution < 1.29 is 9.59 Å². The Kier molecular flexibility index (Phi) is 6.66. The predicted molar refractivity (Wildman–Crippen MR) is 110 cm³/mol. The summed E-state index contributed by atoms with van der Waals surface area (Å²) in [5, 5.41) is 6.48. The molecule has 0 saturated carbocycles. The number of rotatable bonds is 7. The second-order valence-electron chi connectivity index (χ2n) is 6.74. The van der Waals surface area contributed by atoms with Gasteiger partial charge in [0.2, 0.25) is 11.8 Å². The molecule has 0 bridgehead atoms. The second-order valence-corrected chi connectivity index (χ2v) is 7.18. The maximum Gasteiger partial charge on any atom is 0.225 e. The molecule has 1 atom stereocenters. The third-order valence-electron chi connectivity index (χ3n) is 4.56. The first-order valence-corrected chi connectivity index (χ1v) is 9.58. The predicted octanol–water partition coefficient (Wildman–Crippen LogP) is 5.21. The molecule has 0 spiro atoms. The van der Waals surface area contributed by atoms with Gasteiger partial charge in [0.05, 0.1) is 11.4 Å². The van der Waals surface area contributed by atoms with Crippen LogP contribution in [0.15, 0.2) is 60.7 Å². The van der Waals surface area contributed by atoms with Gasteiger partial charge in [0.15, 0.2) is 0 Å². The minimum atomic E-state index is -0.101. The Morgan fingerprint density at radius 3 is 2.41 bits per heavy atom. The number of anilines is 2. The van der Waals surface area contributed by atoms with Crippen molar-refractivity contribution in [2.24, 2.45) is 5.92 Å². The largest absolute Gasteiger partial charge is 0.324 e. The van der Waals surface area contributed by atoms with Gasteiger partial charge in [-0.05, 0) is 55.0 Å². The average Bonchev–Trinajstić information content (AvgIpc) is 3.14. The lowest BCUT2D eigenvalue weighted by Crippen LogP contribution is -2.18. The highest BCUT2D eigenvalue weighted by molar-refractivity contribution is 6.30. The highest BCUT2D eigenvalue weighted by atomic mass is 35.5. The lowest BCUT2D eigenvalue weighted by molar-refractivity contribution is -0.117. The van der Waals surface area contributed by atoms with Gasteiger partial charge in [0, 0.05) is 17.9 Å². The van der Waals surface area contributed by atoms with Crippen LogP contribution < -0.4 is 10.6 Å². The van der Waals surface area contributed by atoms with Crippen molar-refractivity contribution in [1.29, 1.82) is 0 Å². The first-order valence-electron chi connectivity index (χ1n) is 9.20. The lowest BCUT2D eigenvalue weighted by Gasteiger charge is -2.13. The fourth-order valence-corrected chi connectivity index (χ4v) is 3.38. The number of halogens is 1. The highest BCUT2D eigenvalue weighted by Gasteiger charge is 2.15. The van der Waals surface area contributed by atoms with E-state index in [4.69, 9.17) is 11.6 Å². The molecule has 0 fully saturated rings. The van der Waals surface area contributed by atoms with Gasteiger partial charge in [0.1, 0.15) is 0 Å². The van der Waals surface area contributed by atoms with Crippen molar-refractivity contribution in [1.82, 2.24) is 0 Å². The van der Waals surface area contributed by atoms with Crippen LogP contribution in [0.25, 0.3) is 0 Å². The smallest absolute Gasteiger partial charge is 0.225 e. The standard InChI is InChI=1S/C22H23ClN2O2/c23-18-9-5-8-17(14-18)12-13-21(26)24-19-10-3-4-11-20(19)25-22(27)15-16-6-1-2-7-16/h1,3-6,8-11,14,16H,2,7,12-13,15H2,(H,24,26)(H,25,27). The normalized spacial score (nSPS) is 15.5. The molecule has 2 N–H and O–H groups in total. The van der Waals surface area contributed by atoms with E-state index in [1.54, 1.807) is 12.1 Å². The van der Waals surface area contributed by atoms with E-state index in [1.807, 2.05) is 36.4 Å². The number of carbonyl (C=O) groups is 2. The zero-order chi connectivity index (χ0) is 19.1. The molecule has 0 heterocycles. The van der Waals surface area contributed by atoms with Gasteiger partial charge in [-0.25, -0.2) is 0 Å². The number of hydrogen-bond acceptors (Lipinski definition) is 2. The Morgan fingerprint density at radius 1 is 1.00 bits per heavy atom. The minimum absolute atomic E-state index is 0.0350. The first-order chi connectivity index (χ1) is 13.1. The zero-order valence-corrected chi connectivity index (χ0v) is 15.8. The van der Waals surface area contributed by atoms with Gasteiger partial charge in [-0.3, -0.25) is 9.59 Å². The van der Waals surface area contributed by atoms with Gasteiger partial charge < -0.3 is 10.6 Å². The van der Waals surface area contributed by atoms with Crippen molar-refractivity contribution in [2.75, 3.05) is 10.6 Å². The summed E-state index contributed by atoms with van der Waals surface area (Å²) in [5.74, 6) is 0.173. The van der Waals surface area contributed by atoms with Crippen molar-refractivity contribution in [3.8, 4) is 0 Å². The van der Waals surface area contributed by atoms with Gasteiger partial charge in [-0.1, -0.05) is 48.0 Å². The molecule has 0 radical (unpaired) electrons. The number of para-hydroxylation sites is 2. The summed E-state index contributed by atoms with van der Waals surface area (Å²) in [6.07, 6.45) is 7.69. The van der Waals surface area contributed by atoms with Crippen molar-refractivity contribution >= 4 is 34.8 Å². The van der Waals surface area contributed by atoms with Crippen LogP contribution in [0.3, 0.4) is 0 Å². The van der Waals surface area contributed by atoms with E-state index < -0.39 is 0 Å². The summed E-state index contributed by atoms with van der Waals surface area (Å²) in [5.41, 5.74) is 2.26. The van der Waals surface area contributed by atoms with Gasteiger partial charge in [-0.2, -0.15) is 0 Å². The lowest BCUT2D eigenvalue weighted by atomic mass is 10.0. The zero-order valence-electron chi connectivity index (χ0n) is 15.1. The molecule has 0 aromatic heterocycles. The number of hydrogen-bond donors (Lipinski definition) is 2. The number of amides is 2. The molecule has 4 nitrogen and oxygen atoms in total. The van der Waals surface area contributed by atoms with Crippen LogP contribution in [-0.4, -0.2) is 11.8 Å². The molecule has 1 aliphatic rings. The Bertz CT molecular complexity index is 848. The molecule has 27 heavy (non-hydrogen) atoms. The molecule has 140 valence electrons. The molecule has 5 heteroatoms. The fourth-order valence-electron chi connectivity index (χ4n) is 3.17. The molecular formula is C22H23ClN2O2. The van der Waals surface area contributed by atoms with Gasteiger partial charge in [0.25, 0.3) is 0 Å². The number of nitrogens with one attached hydrogen (secondary N) is 2. The van der Waals surface area contributed by atoms with Crippen LogP contribution in [0.5, 0.6) is 0 Å². The van der Waals surface area contributed by atoms with Gasteiger partial charge >= 0.3 is 0 Å². The summed E-state index contributed by atoms with van der Waals surface area (Å²) in [4.78, 5) is 24.6. The van der Waals surface area contributed by atoms with Crippen LogP contribution in [-0.2, 0) is 16.0 Å². The number of benzene rings is 2. The first kappa shape index (κ1) is 19.2. The number of aryl methyl sites for hydroxylation is 1. The van der Waals surface area contributed by atoms with Crippen molar-refractivity contribution in [3.63, 3.8) is 0 Å². The molecule has 2 amide bonds. The van der Waals surface area contributed by atoms with E-state index in [1.165, 1.54) is 0 Å². The highest BCUT2D eigenvalue weighted by Crippen LogP contribution is 2.24. The molecule has 1 aliphatic carbocycles. The molecule has 2 aromatic rings. The average molecular weight is 383 g/mol. The van der Waals surface area contributed by atoms with Gasteiger partial charge in [-0.15, -0.1) is 0 Å². The quantitative estimate of drug-likeness (QED) is 0.646. The van der Waals surface area contributed by atoms with Crippen molar-refractivity contribution in [3.05, 3.63) is 71.3 Å². The van der Waals surface area contributed by atoms with E-state index in [0.717, 1.165) is 18.4 Å². The Hall–Kier alpha value is -2.59.